The SMILES string of the molecule is NC(=O)C(N)=NNc1ccccc1. The Kier molecular flexibility index (Phi) is 2.86. The summed E-state index contributed by atoms with van der Waals surface area (Å²) in [5.41, 5.74) is 13.4. The molecule has 0 bridgehead atoms. The van der Waals surface area contributed by atoms with Crippen LogP contribution in [-0.2, 0) is 4.79 Å². The van der Waals surface area contributed by atoms with Gasteiger partial charge in [0.1, 0.15) is 0 Å². The number of hydrogen-bond donors (Lipinski definition) is 3. The maximum absolute atomic E-state index is 10.4. The average Bonchev–Trinajstić information content (AvgIpc) is 2.15. The molecular weight excluding hydrogens is 168 g/mol. The molecule has 0 aliphatic heterocycles. The Morgan fingerprint density at radius 1 is 1.23 bits per heavy atom. The number of nitrogens with zero attached hydrogens (tertiary/aromatic N) is 1. The number of carbonyl (C=O) groups excluding carboxylic acids is 1. The zero-order valence-corrected chi connectivity index (χ0v) is 6.90. The lowest BCUT2D eigenvalue weighted by molar-refractivity contribution is -0.112. The van der Waals surface area contributed by atoms with Gasteiger partial charge in [0.2, 0.25) is 5.84 Å². The van der Waals surface area contributed by atoms with Crippen molar-refractivity contribution in [3.63, 3.8) is 0 Å². The van der Waals surface area contributed by atoms with Crippen LogP contribution in [0.1, 0.15) is 0 Å². The van der Waals surface area contributed by atoms with E-state index < -0.39 is 5.91 Å². The fourth-order valence-electron chi connectivity index (χ4n) is 0.693. The van der Waals surface area contributed by atoms with Gasteiger partial charge in [-0.3, -0.25) is 10.2 Å². The van der Waals surface area contributed by atoms with Crippen LogP contribution in [0.3, 0.4) is 0 Å². The molecule has 0 spiro atoms. The first kappa shape index (κ1) is 9.05. The average molecular weight is 178 g/mol. The fourth-order valence-corrected chi connectivity index (χ4v) is 0.693. The number of rotatable bonds is 2. The predicted molar refractivity (Wildman–Crippen MR) is 50.9 cm³/mol. The van der Waals surface area contributed by atoms with Crippen LogP contribution in [0, 0.1) is 0 Å². The molecule has 5 N–H and O–H groups in total. The maximum Gasteiger partial charge on any atom is 0.285 e. The molecule has 0 aliphatic carbocycles. The molecule has 68 valence electrons. The number of amidine groups is 1. The first-order valence-electron chi connectivity index (χ1n) is 3.64. The number of nitrogens with two attached hydrogens (primary N) is 2. The molecule has 13 heavy (non-hydrogen) atoms. The number of hydrazone groups is 1. The highest BCUT2D eigenvalue weighted by molar-refractivity contribution is 6.36. The van der Waals surface area contributed by atoms with E-state index in [9.17, 15) is 4.79 Å². The lowest BCUT2D eigenvalue weighted by Crippen LogP contribution is -2.31. The molecular formula is C8H10N4O. The highest BCUT2D eigenvalue weighted by Gasteiger charge is 1.98. The van der Waals surface area contributed by atoms with Gasteiger partial charge in [-0.05, 0) is 12.1 Å². The van der Waals surface area contributed by atoms with E-state index in [1.807, 2.05) is 18.2 Å². The molecule has 0 radical (unpaired) electrons. The monoisotopic (exact) mass is 178 g/mol. The Morgan fingerprint density at radius 2 is 1.85 bits per heavy atom. The van der Waals surface area contributed by atoms with Crippen LogP contribution in [0.4, 0.5) is 5.69 Å². The fraction of sp³-hybridized carbons (Fsp3) is 0. The van der Waals surface area contributed by atoms with Gasteiger partial charge in [-0.25, -0.2) is 0 Å². The summed E-state index contributed by atoms with van der Waals surface area (Å²) in [4.78, 5) is 10.4. The summed E-state index contributed by atoms with van der Waals surface area (Å²) in [5.74, 6) is -0.993. The predicted octanol–water partition coefficient (Wildman–Crippen LogP) is -0.144. The van der Waals surface area contributed by atoms with Gasteiger partial charge >= 0.3 is 0 Å². The molecule has 1 rings (SSSR count). The quantitative estimate of drug-likeness (QED) is 0.334. The second-order valence-corrected chi connectivity index (χ2v) is 2.34. The number of benzene rings is 1. The van der Waals surface area contributed by atoms with Crippen molar-refractivity contribution in [2.45, 2.75) is 0 Å². The third-order valence-electron chi connectivity index (χ3n) is 1.33. The van der Waals surface area contributed by atoms with E-state index in [1.54, 1.807) is 12.1 Å². The van der Waals surface area contributed by atoms with E-state index in [0.29, 0.717) is 0 Å². The molecule has 5 nitrogen and oxygen atoms in total. The second-order valence-electron chi connectivity index (χ2n) is 2.34. The largest absolute Gasteiger partial charge is 0.378 e. The van der Waals surface area contributed by atoms with Crippen molar-refractivity contribution in [3.05, 3.63) is 30.3 Å². The Morgan fingerprint density at radius 3 is 2.38 bits per heavy atom. The molecule has 0 aromatic heterocycles. The number of anilines is 1. The van der Waals surface area contributed by atoms with Gasteiger partial charge in [-0.2, -0.15) is 5.10 Å². The molecule has 0 unspecified atom stereocenters. The third kappa shape index (κ3) is 2.82. The Hall–Kier alpha value is -2.04. The van der Waals surface area contributed by atoms with E-state index >= 15 is 0 Å². The van der Waals surface area contributed by atoms with Gasteiger partial charge in [-0.1, -0.05) is 18.2 Å². The van der Waals surface area contributed by atoms with Gasteiger partial charge in [0.05, 0.1) is 5.69 Å². The van der Waals surface area contributed by atoms with Gasteiger partial charge in [0, 0.05) is 0 Å². The van der Waals surface area contributed by atoms with E-state index in [1.165, 1.54) is 0 Å². The molecule has 0 aliphatic rings. The normalized spacial score (nSPS) is 10.9. The number of carbonyl (C=O) groups is 1. The van der Waals surface area contributed by atoms with Crippen LogP contribution in [0.15, 0.2) is 35.4 Å². The summed E-state index contributed by atoms with van der Waals surface area (Å²) >= 11 is 0. The zero-order valence-electron chi connectivity index (χ0n) is 6.90. The molecule has 0 saturated heterocycles. The summed E-state index contributed by atoms with van der Waals surface area (Å²) in [7, 11) is 0. The van der Waals surface area contributed by atoms with E-state index in [2.05, 4.69) is 10.5 Å². The number of para-hydroxylation sites is 1. The molecule has 1 aromatic carbocycles. The van der Waals surface area contributed by atoms with Crippen molar-refractivity contribution < 1.29 is 4.79 Å². The third-order valence-corrected chi connectivity index (χ3v) is 1.33. The number of amides is 1. The smallest absolute Gasteiger partial charge is 0.285 e. The summed E-state index contributed by atoms with van der Waals surface area (Å²) in [5, 5.41) is 3.56. The van der Waals surface area contributed by atoms with Crippen molar-refractivity contribution in [3.8, 4) is 0 Å². The number of primary amides is 1. The molecule has 1 aromatic rings. The van der Waals surface area contributed by atoms with Crippen molar-refractivity contribution in [1.29, 1.82) is 0 Å². The second kappa shape index (κ2) is 4.10. The topological polar surface area (TPSA) is 93.5 Å². The lowest BCUT2D eigenvalue weighted by atomic mass is 10.3. The van der Waals surface area contributed by atoms with Crippen LogP contribution >= 0.6 is 0 Å². The van der Waals surface area contributed by atoms with Crippen LogP contribution < -0.4 is 16.9 Å². The zero-order chi connectivity index (χ0) is 9.68. The van der Waals surface area contributed by atoms with Crippen LogP contribution in [0.2, 0.25) is 0 Å². The van der Waals surface area contributed by atoms with Crippen LogP contribution in [-0.4, -0.2) is 11.7 Å². The number of hydrogen-bond acceptors (Lipinski definition) is 3. The minimum Gasteiger partial charge on any atom is -0.378 e. The van der Waals surface area contributed by atoms with E-state index in [0.717, 1.165) is 5.69 Å². The van der Waals surface area contributed by atoms with Crippen molar-refractivity contribution in [1.82, 2.24) is 0 Å². The van der Waals surface area contributed by atoms with Crippen molar-refractivity contribution in [2.24, 2.45) is 16.6 Å². The number of nitrogens with one attached hydrogen (secondary N) is 1. The van der Waals surface area contributed by atoms with E-state index in [4.69, 9.17) is 11.5 Å². The first-order valence-corrected chi connectivity index (χ1v) is 3.64. The summed E-state index contributed by atoms with van der Waals surface area (Å²) < 4.78 is 0. The van der Waals surface area contributed by atoms with Crippen LogP contribution in [0.5, 0.6) is 0 Å². The highest BCUT2D eigenvalue weighted by atomic mass is 16.1. The van der Waals surface area contributed by atoms with Crippen molar-refractivity contribution in [2.75, 3.05) is 5.43 Å². The Labute approximate surface area is 75.4 Å². The van der Waals surface area contributed by atoms with Gasteiger partial charge in [0.15, 0.2) is 0 Å². The highest BCUT2D eigenvalue weighted by Crippen LogP contribution is 2.03. The van der Waals surface area contributed by atoms with Crippen LogP contribution in [0.25, 0.3) is 0 Å². The minimum absolute atomic E-state index is 0.246. The summed E-state index contributed by atoms with van der Waals surface area (Å²) in [6.07, 6.45) is 0. The minimum atomic E-state index is -0.747. The van der Waals surface area contributed by atoms with Crippen molar-refractivity contribution >= 4 is 17.4 Å². The molecule has 0 heterocycles. The standard InChI is InChI=1S/C8H10N4O/c9-7(8(10)13)12-11-6-4-2-1-3-5-6/h1-5,11H,(H2,9,12)(H2,10,13). The molecule has 1 amide bonds. The van der Waals surface area contributed by atoms with Gasteiger partial charge < -0.3 is 11.5 Å². The molecule has 0 fully saturated rings. The molecule has 0 atom stereocenters. The summed E-state index contributed by atoms with van der Waals surface area (Å²) in [6.45, 7) is 0. The summed E-state index contributed by atoms with van der Waals surface area (Å²) in [6, 6.07) is 9.11. The Bertz CT molecular complexity index is 320. The lowest BCUT2D eigenvalue weighted by Gasteiger charge is -1.99. The maximum atomic E-state index is 10.4. The molecule has 0 saturated carbocycles. The van der Waals surface area contributed by atoms with E-state index in [-0.39, 0.29) is 5.84 Å². The molecule has 5 heteroatoms. The first-order chi connectivity index (χ1) is 6.20. The van der Waals surface area contributed by atoms with Gasteiger partial charge in [0.25, 0.3) is 5.91 Å². The Balaban J connectivity index is 2.62. The van der Waals surface area contributed by atoms with Gasteiger partial charge in [-0.15, -0.1) is 0 Å².